The number of benzene rings is 3. The molecule has 3 amide bonds. The van der Waals surface area contributed by atoms with Crippen LogP contribution in [-0.4, -0.2) is 95.9 Å². The summed E-state index contributed by atoms with van der Waals surface area (Å²) in [6, 6.07) is 18.8. The number of hydrogen-bond acceptors (Lipinski definition) is 8. The van der Waals surface area contributed by atoms with Gasteiger partial charge in [-0.15, -0.1) is 0 Å². The van der Waals surface area contributed by atoms with Gasteiger partial charge in [0.1, 0.15) is 22.9 Å². The van der Waals surface area contributed by atoms with Crippen LogP contribution in [0, 0.1) is 11.7 Å². The second-order valence-electron chi connectivity index (χ2n) is 17.5. The van der Waals surface area contributed by atoms with Gasteiger partial charge in [0.05, 0.1) is 11.6 Å². The molecule has 1 aliphatic carbocycles. The lowest BCUT2D eigenvalue weighted by Crippen LogP contribution is -2.51. The van der Waals surface area contributed by atoms with Gasteiger partial charge in [-0.2, -0.15) is 0 Å². The topological polar surface area (TPSA) is 107 Å². The monoisotopic (exact) mass is 803 g/mol. The van der Waals surface area contributed by atoms with Crippen LogP contribution >= 0.6 is 0 Å². The number of ether oxygens (including phenoxy) is 5. The standard InChI is InChI=1S/C44H58FN3O8Si/c1-44(2,3)56-43(51)46-19-17-35(30-23-31(36-11-8-9-12-38(36)45)25-34(24-30)55-29-53-21-22-57(5,6)7)37(27-46)42(50)48(32-13-14-32)33-15-16-40-39(26-33)47(18-10-20-52-4)41(49)28-54-40/h8-9,11-12,15-16,23-26,32,35,37H,10,13-14,17-22,27-29H2,1-7H3/t35-,37+/m1/s1. The summed E-state index contributed by atoms with van der Waals surface area (Å²) in [6.07, 6.45) is 2.26. The molecule has 3 aliphatic rings. The number of halogens is 1. The van der Waals surface area contributed by atoms with Crippen molar-refractivity contribution in [3.8, 4) is 22.6 Å². The van der Waals surface area contributed by atoms with Crippen LogP contribution in [0.4, 0.5) is 20.6 Å². The second-order valence-corrected chi connectivity index (χ2v) is 23.1. The molecular weight excluding hydrogens is 746 g/mol. The molecule has 0 unspecified atom stereocenters. The van der Waals surface area contributed by atoms with E-state index in [1.54, 1.807) is 35.1 Å². The van der Waals surface area contributed by atoms with Gasteiger partial charge in [-0.3, -0.25) is 9.59 Å². The first kappa shape index (κ1) is 42.2. The number of anilines is 2. The van der Waals surface area contributed by atoms with E-state index in [4.69, 9.17) is 23.7 Å². The second kappa shape index (κ2) is 18.0. The van der Waals surface area contributed by atoms with Crippen LogP contribution in [0.3, 0.4) is 0 Å². The van der Waals surface area contributed by atoms with E-state index < -0.39 is 25.7 Å². The lowest BCUT2D eigenvalue weighted by molar-refractivity contribution is -0.124. The molecule has 2 atom stereocenters. The Morgan fingerprint density at radius 3 is 2.47 bits per heavy atom. The maximum atomic E-state index is 15.4. The van der Waals surface area contributed by atoms with Gasteiger partial charge in [0, 0.05) is 65.3 Å². The summed E-state index contributed by atoms with van der Waals surface area (Å²) in [6.45, 7) is 14.3. The van der Waals surface area contributed by atoms with Crippen LogP contribution in [0.25, 0.3) is 11.1 Å². The summed E-state index contributed by atoms with van der Waals surface area (Å²) in [7, 11) is 0.323. The SMILES string of the molecule is COCCCN1C(=O)COc2ccc(N(C(=O)[C@H]3CN(C(=O)OC(C)(C)C)CC[C@@H]3c3cc(OCOCC[Si](C)(C)C)cc(-c4ccccc4F)c3)C3CC3)cc21. The van der Waals surface area contributed by atoms with E-state index in [-0.39, 0.29) is 49.5 Å². The molecule has 0 radical (unpaired) electrons. The van der Waals surface area contributed by atoms with Crippen molar-refractivity contribution in [2.45, 2.75) is 89.7 Å². The number of carbonyl (C=O) groups is 3. The van der Waals surface area contributed by atoms with Crippen molar-refractivity contribution >= 4 is 37.4 Å². The number of rotatable bonds is 15. The lowest BCUT2D eigenvalue weighted by Gasteiger charge is -2.41. The maximum absolute atomic E-state index is 15.4. The van der Waals surface area contributed by atoms with Crippen LogP contribution in [0.1, 0.15) is 57.9 Å². The number of carbonyl (C=O) groups excluding carboxylic acids is 3. The molecule has 0 N–H and O–H groups in total. The largest absolute Gasteiger partial charge is 0.482 e. The minimum absolute atomic E-state index is 0.0343. The van der Waals surface area contributed by atoms with Crippen LogP contribution in [0.2, 0.25) is 25.7 Å². The zero-order valence-electron chi connectivity index (χ0n) is 34.5. The molecular formula is C44H58FN3O8Si. The van der Waals surface area contributed by atoms with E-state index >= 15 is 9.18 Å². The first-order valence-electron chi connectivity index (χ1n) is 20.1. The molecule has 57 heavy (non-hydrogen) atoms. The summed E-state index contributed by atoms with van der Waals surface area (Å²) >= 11 is 0. The summed E-state index contributed by atoms with van der Waals surface area (Å²) in [5.74, 6) is -0.625. The Morgan fingerprint density at radius 2 is 1.77 bits per heavy atom. The lowest BCUT2D eigenvalue weighted by atomic mass is 9.78. The molecule has 1 saturated heterocycles. The average molecular weight is 804 g/mol. The molecule has 11 nitrogen and oxygen atoms in total. The summed E-state index contributed by atoms with van der Waals surface area (Å²) in [4.78, 5) is 47.1. The zero-order chi connectivity index (χ0) is 40.9. The molecule has 308 valence electrons. The van der Waals surface area contributed by atoms with Crippen molar-refractivity contribution in [2.75, 3.05) is 63.2 Å². The Balaban J connectivity index is 1.37. The van der Waals surface area contributed by atoms with Crippen molar-refractivity contribution in [3.05, 3.63) is 72.0 Å². The number of nitrogens with zero attached hydrogens (tertiary/aromatic N) is 3. The highest BCUT2D eigenvalue weighted by Crippen LogP contribution is 2.44. The van der Waals surface area contributed by atoms with Crippen LogP contribution in [0.15, 0.2) is 60.7 Å². The summed E-state index contributed by atoms with van der Waals surface area (Å²) in [5.41, 5.74) is 2.39. The third kappa shape index (κ3) is 10.9. The Morgan fingerprint density at radius 1 is 1.00 bits per heavy atom. The van der Waals surface area contributed by atoms with Gasteiger partial charge < -0.3 is 38.4 Å². The fourth-order valence-electron chi connectivity index (χ4n) is 7.39. The predicted molar refractivity (Wildman–Crippen MR) is 221 cm³/mol. The Hall–Kier alpha value is -4.46. The Bertz CT molecular complexity index is 1910. The predicted octanol–water partition coefficient (Wildman–Crippen LogP) is 8.48. The molecule has 2 fully saturated rings. The van der Waals surface area contributed by atoms with Gasteiger partial charge >= 0.3 is 6.09 Å². The van der Waals surface area contributed by atoms with Crippen molar-refractivity contribution in [3.63, 3.8) is 0 Å². The average Bonchev–Trinajstić information content (AvgIpc) is 3.99. The number of likely N-dealkylation sites (tertiary alicyclic amines) is 1. The number of hydrogen-bond donors (Lipinski definition) is 0. The third-order valence-electron chi connectivity index (χ3n) is 10.5. The number of methoxy groups -OCH3 is 1. The third-order valence-corrected chi connectivity index (χ3v) is 12.2. The van der Waals surface area contributed by atoms with E-state index in [1.165, 1.54) is 6.07 Å². The first-order chi connectivity index (χ1) is 27.1. The number of amides is 3. The highest BCUT2D eigenvalue weighted by Gasteiger charge is 2.44. The van der Waals surface area contributed by atoms with E-state index in [1.807, 2.05) is 62.1 Å². The van der Waals surface area contributed by atoms with Crippen LogP contribution in [-0.2, 0) is 23.8 Å². The van der Waals surface area contributed by atoms with Gasteiger partial charge in [-0.1, -0.05) is 43.9 Å². The summed E-state index contributed by atoms with van der Waals surface area (Å²) < 4.78 is 44.3. The smallest absolute Gasteiger partial charge is 0.410 e. The molecule has 6 rings (SSSR count). The van der Waals surface area contributed by atoms with E-state index in [9.17, 15) is 9.59 Å². The molecule has 3 aromatic carbocycles. The zero-order valence-corrected chi connectivity index (χ0v) is 35.5. The molecule has 13 heteroatoms. The van der Waals surface area contributed by atoms with E-state index in [0.717, 1.165) is 24.4 Å². The van der Waals surface area contributed by atoms with E-state index in [0.29, 0.717) is 73.1 Å². The number of fused-ring (bicyclic) bond motifs is 1. The molecule has 0 bridgehead atoms. The van der Waals surface area contributed by atoms with Crippen molar-refractivity contribution < 1.29 is 42.5 Å². The van der Waals surface area contributed by atoms with Gasteiger partial charge in [0.15, 0.2) is 13.4 Å². The quantitative estimate of drug-likeness (QED) is 0.0856. The maximum Gasteiger partial charge on any atom is 0.410 e. The molecule has 0 aromatic heterocycles. The highest BCUT2D eigenvalue weighted by molar-refractivity contribution is 6.76. The van der Waals surface area contributed by atoms with Gasteiger partial charge in [0.2, 0.25) is 5.91 Å². The molecule has 0 spiro atoms. The molecule has 2 heterocycles. The fraction of sp³-hybridized carbons (Fsp3) is 0.523. The Labute approximate surface area is 337 Å². The molecule has 2 aliphatic heterocycles. The first-order valence-corrected chi connectivity index (χ1v) is 23.8. The Kier molecular flexibility index (Phi) is 13.3. The van der Waals surface area contributed by atoms with Gasteiger partial charge in [0.25, 0.3) is 5.91 Å². The fourth-order valence-corrected chi connectivity index (χ4v) is 8.15. The van der Waals surface area contributed by atoms with Crippen molar-refractivity contribution in [2.24, 2.45) is 5.92 Å². The van der Waals surface area contributed by atoms with Crippen LogP contribution in [0.5, 0.6) is 11.5 Å². The minimum atomic E-state index is -1.31. The van der Waals surface area contributed by atoms with Crippen molar-refractivity contribution in [1.29, 1.82) is 0 Å². The number of piperidine rings is 1. The molecule has 1 saturated carbocycles. The van der Waals surface area contributed by atoms with Gasteiger partial charge in [-0.25, -0.2) is 9.18 Å². The van der Waals surface area contributed by atoms with Gasteiger partial charge in [-0.05, 0) is 106 Å². The van der Waals surface area contributed by atoms with Crippen LogP contribution < -0.4 is 19.3 Å². The van der Waals surface area contributed by atoms with Crippen molar-refractivity contribution in [1.82, 2.24) is 4.90 Å². The van der Waals surface area contributed by atoms with E-state index in [2.05, 4.69) is 19.6 Å². The highest BCUT2D eigenvalue weighted by atomic mass is 28.3. The summed E-state index contributed by atoms with van der Waals surface area (Å²) in [5, 5.41) is 0. The minimum Gasteiger partial charge on any atom is -0.482 e. The normalized spacial score (nSPS) is 18.5. The molecule has 3 aromatic rings.